The summed E-state index contributed by atoms with van der Waals surface area (Å²) in [6, 6.07) is 17.2. The predicted molar refractivity (Wildman–Crippen MR) is 79.5 cm³/mol. The van der Waals surface area contributed by atoms with E-state index in [0.29, 0.717) is 5.57 Å². The molecule has 20 heavy (non-hydrogen) atoms. The van der Waals surface area contributed by atoms with Crippen LogP contribution in [0.2, 0.25) is 0 Å². The van der Waals surface area contributed by atoms with Crippen LogP contribution in [0.25, 0.3) is 11.6 Å². The minimum atomic E-state index is 0.598. The molecule has 0 unspecified atom stereocenters. The molecule has 0 saturated carbocycles. The Morgan fingerprint density at radius 3 is 2.30 bits per heavy atom. The lowest BCUT2D eigenvalue weighted by atomic mass is 10.0. The van der Waals surface area contributed by atoms with Crippen LogP contribution in [0, 0.1) is 11.3 Å². The van der Waals surface area contributed by atoms with Gasteiger partial charge in [-0.05, 0) is 53.6 Å². The molecule has 3 heteroatoms. The summed E-state index contributed by atoms with van der Waals surface area (Å²) in [6.07, 6.45) is 1.84. The molecule has 0 aliphatic heterocycles. The fourth-order valence-corrected chi connectivity index (χ4v) is 1.85. The second-order valence-corrected chi connectivity index (χ2v) is 4.17. The number of hydrogen-bond donors (Lipinski definition) is 0. The van der Waals surface area contributed by atoms with Gasteiger partial charge < -0.3 is 9.47 Å². The summed E-state index contributed by atoms with van der Waals surface area (Å²) in [5, 5.41) is 9.31. The molecule has 0 fully saturated rings. The standard InChI is InChI=1S/C17H15NO2/c1-19-16-8-6-14(7-9-16)15(12-18)10-13-4-3-5-17(11-13)20-2/h3-11H,1-2H3/b15-10+. The van der Waals surface area contributed by atoms with Crippen molar-refractivity contribution < 1.29 is 9.47 Å². The Morgan fingerprint density at radius 1 is 1.00 bits per heavy atom. The Morgan fingerprint density at radius 2 is 1.70 bits per heavy atom. The summed E-state index contributed by atoms with van der Waals surface area (Å²) in [5.74, 6) is 1.54. The third kappa shape index (κ3) is 3.18. The van der Waals surface area contributed by atoms with Crippen molar-refractivity contribution in [3.63, 3.8) is 0 Å². The van der Waals surface area contributed by atoms with Gasteiger partial charge in [0.05, 0.1) is 25.9 Å². The molecule has 0 saturated heterocycles. The van der Waals surface area contributed by atoms with Crippen LogP contribution in [0.3, 0.4) is 0 Å². The Labute approximate surface area is 118 Å². The van der Waals surface area contributed by atoms with Gasteiger partial charge in [-0.25, -0.2) is 0 Å². The lowest BCUT2D eigenvalue weighted by molar-refractivity contribution is 0.414. The smallest absolute Gasteiger partial charge is 0.119 e. The zero-order valence-corrected chi connectivity index (χ0v) is 11.5. The largest absolute Gasteiger partial charge is 0.497 e. The number of rotatable bonds is 4. The highest BCUT2D eigenvalue weighted by atomic mass is 16.5. The van der Waals surface area contributed by atoms with Crippen LogP contribution < -0.4 is 9.47 Å². The van der Waals surface area contributed by atoms with Crippen LogP contribution in [-0.4, -0.2) is 14.2 Å². The lowest BCUT2D eigenvalue weighted by Crippen LogP contribution is -1.86. The van der Waals surface area contributed by atoms with Gasteiger partial charge in [0.25, 0.3) is 0 Å². The third-order valence-corrected chi connectivity index (χ3v) is 2.93. The Bertz CT molecular complexity index is 651. The molecule has 0 N–H and O–H groups in total. The summed E-state index contributed by atoms with van der Waals surface area (Å²) < 4.78 is 10.3. The van der Waals surface area contributed by atoms with Crippen LogP contribution in [0.4, 0.5) is 0 Å². The molecule has 3 nitrogen and oxygen atoms in total. The fraction of sp³-hybridized carbons (Fsp3) is 0.118. The quantitative estimate of drug-likeness (QED) is 0.624. The van der Waals surface area contributed by atoms with Crippen molar-refractivity contribution in [1.29, 1.82) is 5.26 Å². The molecular formula is C17H15NO2. The van der Waals surface area contributed by atoms with Crippen molar-refractivity contribution in [2.75, 3.05) is 14.2 Å². The number of nitrogens with zero attached hydrogens (tertiary/aromatic N) is 1. The zero-order chi connectivity index (χ0) is 14.4. The molecule has 0 bridgehead atoms. The van der Waals surface area contributed by atoms with Crippen LogP contribution in [-0.2, 0) is 0 Å². The van der Waals surface area contributed by atoms with Crippen LogP contribution >= 0.6 is 0 Å². The van der Waals surface area contributed by atoms with E-state index in [4.69, 9.17) is 9.47 Å². The minimum Gasteiger partial charge on any atom is -0.497 e. The molecule has 0 amide bonds. The molecule has 0 radical (unpaired) electrons. The van der Waals surface area contributed by atoms with Gasteiger partial charge >= 0.3 is 0 Å². The molecule has 0 heterocycles. The number of hydrogen-bond acceptors (Lipinski definition) is 3. The fourth-order valence-electron chi connectivity index (χ4n) is 1.85. The number of nitriles is 1. The lowest BCUT2D eigenvalue weighted by Gasteiger charge is -2.04. The average molecular weight is 265 g/mol. The van der Waals surface area contributed by atoms with Gasteiger partial charge in [0, 0.05) is 0 Å². The van der Waals surface area contributed by atoms with Gasteiger partial charge in [-0.15, -0.1) is 0 Å². The molecule has 0 aliphatic carbocycles. The highest BCUT2D eigenvalue weighted by Crippen LogP contribution is 2.22. The van der Waals surface area contributed by atoms with E-state index in [1.54, 1.807) is 14.2 Å². The first kappa shape index (κ1) is 13.7. The normalized spacial score (nSPS) is 10.8. The highest BCUT2D eigenvalue weighted by Gasteiger charge is 2.02. The topological polar surface area (TPSA) is 42.2 Å². The average Bonchev–Trinajstić information content (AvgIpc) is 2.53. The van der Waals surface area contributed by atoms with Gasteiger partial charge in [0.2, 0.25) is 0 Å². The van der Waals surface area contributed by atoms with Gasteiger partial charge in [0.1, 0.15) is 11.5 Å². The number of ether oxygens (including phenoxy) is 2. The van der Waals surface area contributed by atoms with Crippen molar-refractivity contribution in [3.05, 3.63) is 59.7 Å². The summed E-state index contributed by atoms with van der Waals surface area (Å²) in [5.41, 5.74) is 2.38. The molecular weight excluding hydrogens is 250 g/mol. The Balaban J connectivity index is 2.35. The molecule has 2 rings (SSSR count). The van der Waals surface area contributed by atoms with Crippen LogP contribution in [0.5, 0.6) is 11.5 Å². The Kier molecular flexibility index (Phi) is 4.41. The summed E-state index contributed by atoms with van der Waals surface area (Å²) in [7, 11) is 3.24. The monoisotopic (exact) mass is 265 g/mol. The van der Waals surface area contributed by atoms with E-state index in [2.05, 4.69) is 6.07 Å². The summed E-state index contributed by atoms with van der Waals surface area (Å²) in [6.45, 7) is 0. The van der Waals surface area contributed by atoms with E-state index in [1.807, 2.05) is 54.6 Å². The van der Waals surface area contributed by atoms with Gasteiger partial charge in [-0.2, -0.15) is 5.26 Å². The summed E-state index contributed by atoms with van der Waals surface area (Å²) >= 11 is 0. The van der Waals surface area contributed by atoms with Crippen LogP contribution in [0.1, 0.15) is 11.1 Å². The number of benzene rings is 2. The Hall–Kier alpha value is -2.73. The first-order chi connectivity index (χ1) is 9.76. The molecule has 0 atom stereocenters. The SMILES string of the molecule is COc1ccc(/C(C#N)=C/c2cccc(OC)c2)cc1. The third-order valence-electron chi connectivity index (χ3n) is 2.93. The van der Waals surface area contributed by atoms with E-state index < -0.39 is 0 Å². The van der Waals surface area contributed by atoms with E-state index in [-0.39, 0.29) is 0 Å². The minimum absolute atomic E-state index is 0.598. The van der Waals surface area contributed by atoms with Crippen molar-refractivity contribution in [3.8, 4) is 17.6 Å². The van der Waals surface area contributed by atoms with Crippen molar-refractivity contribution in [2.45, 2.75) is 0 Å². The first-order valence-corrected chi connectivity index (χ1v) is 6.17. The van der Waals surface area contributed by atoms with Crippen molar-refractivity contribution in [1.82, 2.24) is 0 Å². The maximum atomic E-state index is 9.31. The predicted octanol–water partition coefficient (Wildman–Crippen LogP) is 3.77. The van der Waals surface area contributed by atoms with E-state index >= 15 is 0 Å². The van der Waals surface area contributed by atoms with E-state index in [9.17, 15) is 5.26 Å². The van der Waals surface area contributed by atoms with E-state index in [1.165, 1.54) is 0 Å². The first-order valence-electron chi connectivity index (χ1n) is 6.17. The molecule has 2 aromatic carbocycles. The van der Waals surface area contributed by atoms with Gasteiger partial charge in [-0.1, -0.05) is 12.1 Å². The zero-order valence-electron chi connectivity index (χ0n) is 11.5. The molecule has 2 aromatic rings. The van der Waals surface area contributed by atoms with Crippen molar-refractivity contribution >= 4 is 11.6 Å². The second-order valence-electron chi connectivity index (χ2n) is 4.17. The molecule has 0 spiro atoms. The summed E-state index contributed by atoms with van der Waals surface area (Å²) in [4.78, 5) is 0. The molecule has 0 aliphatic rings. The number of methoxy groups -OCH3 is 2. The van der Waals surface area contributed by atoms with E-state index in [0.717, 1.165) is 22.6 Å². The van der Waals surface area contributed by atoms with Gasteiger partial charge in [-0.3, -0.25) is 0 Å². The maximum absolute atomic E-state index is 9.31. The maximum Gasteiger partial charge on any atom is 0.119 e. The molecule has 100 valence electrons. The molecule has 0 aromatic heterocycles. The van der Waals surface area contributed by atoms with Gasteiger partial charge in [0.15, 0.2) is 0 Å². The second kappa shape index (κ2) is 6.44. The number of allylic oxidation sites excluding steroid dienone is 1. The highest BCUT2D eigenvalue weighted by molar-refractivity contribution is 5.89. The van der Waals surface area contributed by atoms with Crippen molar-refractivity contribution in [2.24, 2.45) is 0 Å². The van der Waals surface area contributed by atoms with Crippen LogP contribution in [0.15, 0.2) is 48.5 Å².